The molecule has 0 N–H and O–H groups in total. The van der Waals surface area contributed by atoms with Gasteiger partial charge in [0.15, 0.2) is 0 Å². The number of hydrogen-bond acceptors (Lipinski definition) is 4. The number of hydrogen-bond donors (Lipinski definition) is 0. The fourth-order valence-electron chi connectivity index (χ4n) is 2.81. The average Bonchev–Trinajstić information content (AvgIpc) is 2.55. The molecule has 4 heteroatoms. The zero-order chi connectivity index (χ0) is 16.0. The minimum atomic E-state index is -0.174. The highest BCUT2D eigenvalue weighted by Crippen LogP contribution is 2.55. The smallest absolute Gasteiger partial charge is 0.302 e. The van der Waals surface area contributed by atoms with E-state index in [9.17, 15) is 4.79 Å². The fraction of sp³-hybridized carbons (Fsp3) is 0.611. The predicted molar refractivity (Wildman–Crippen MR) is 97.3 cm³/mol. The molecule has 22 heavy (non-hydrogen) atoms. The molecule has 1 fully saturated rings. The van der Waals surface area contributed by atoms with E-state index in [2.05, 4.69) is 38.1 Å². The van der Waals surface area contributed by atoms with Crippen LogP contribution in [0.1, 0.15) is 45.6 Å². The van der Waals surface area contributed by atoms with E-state index in [1.165, 1.54) is 18.9 Å². The molecule has 1 atom stereocenters. The van der Waals surface area contributed by atoms with Crippen LogP contribution >= 0.6 is 23.5 Å². The number of benzene rings is 1. The van der Waals surface area contributed by atoms with Gasteiger partial charge in [0.05, 0.1) is 0 Å². The van der Waals surface area contributed by atoms with E-state index in [1.54, 1.807) is 0 Å². The van der Waals surface area contributed by atoms with Gasteiger partial charge in [-0.15, -0.1) is 23.5 Å². The number of thioether (sulfide) groups is 2. The highest BCUT2D eigenvalue weighted by molar-refractivity contribution is 8.18. The van der Waals surface area contributed by atoms with Crippen molar-refractivity contribution in [3.05, 3.63) is 35.9 Å². The van der Waals surface area contributed by atoms with Crippen molar-refractivity contribution in [3.8, 4) is 0 Å². The number of esters is 1. The van der Waals surface area contributed by atoms with E-state index in [1.807, 2.05) is 29.6 Å². The molecule has 1 saturated heterocycles. The molecule has 1 heterocycles. The van der Waals surface area contributed by atoms with Gasteiger partial charge in [-0.1, -0.05) is 57.0 Å². The normalized spacial score (nSPS) is 26.4. The number of ether oxygens (including phenoxy) is 1. The Labute approximate surface area is 142 Å². The van der Waals surface area contributed by atoms with Crippen molar-refractivity contribution in [2.75, 3.05) is 11.5 Å². The van der Waals surface area contributed by atoms with E-state index in [0.717, 1.165) is 30.3 Å². The zero-order valence-electron chi connectivity index (χ0n) is 13.7. The van der Waals surface area contributed by atoms with Crippen LogP contribution < -0.4 is 0 Å². The molecule has 0 aromatic heterocycles. The minimum absolute atomic E-state index is 0.0646. The molecule has 0 aliphatic carbocycles. The second kappa shape index (κ2) is 8.30. The molecular formula is C18H26O2S2. The Morgan fingerprint density at radius 2 is 1.91 bits per heavy atom. The third-order valence-electron chi connectivity index (χ3n) is 4.10. The van der Waals surface area contributed by atoms with Crippen LogP contribution in [-0.4, -0.2) is 23.6 Å². The third-order valence-corrected chi connectivity index (χ3v) is 7.94. The van der Waals surface area contributed by atoms with Crippen molar-refractivity contribution < 1.29 is 9.53 Å². The SMILES string of the molecule is CCCC(OC(C)=O)C1(c2ccccc2)SCC(CC)CS1. The standard InChI is InChI=1S/C18H26O2S2/c1-4-9-17(20-14(3)19)18(16-10-7-6-8-11-16)21-12-15(5-2)13-22-18/h6-8,10-11,15,17H,4-5,9,12-13H2,1-3H3. The molecule has 0 amide bonds. The summed E-state index contributed by atoms with van der Waals surface area (Å²) in [5.74, 6) is 2.86. The summed E-state index contributed by atoms with van der Waals surface area (Å²) in [5.41, 5.74) is 1.28. The van der Waals surface area contributed by atoms with Crippen LogP contribution in [0.5, 0.6) is 0 Å². The molecule has 1 unspecified atom stereocenters. The first-order chi connectivity index (χ1) is 10.6. The van der Waals surface area contributed by atoms with Gasteiger partial charge in [-0.3, -0.25) is 4.79 Å². The molecular weight excluding hydrogens is 312 g/mol. The number of carbonyl (C=O) groups is 1. The summed E-state index contributed by atoms with van der Waals surface area (Å²) in [4.78, 5) is 11.6. The summed E-state index contributed by atoms with van der Waals surface area (Å²) in [6, 6.07) is 10.6. The van der Waals surface area contributed by atoms with Crippen LogP contribution in [0.2, 0.25) is 0 Å². The molecule has 2 rings (SSSR count). The van der Waals surface area contributed by atoms with Gasteiger partial charge < -0.3 is 4.74 Å². The molecule has 2 nitrogen and oxygen atoms in total. The summed E-state index contributed by atoms with van der Waals surface area (Å²) in [6.07, 6.45) is 3.08. The van der Waals surface area contributed by atoms with E-state index >= 15 is 0 Å². The Morgan fingerprint density at radius 3 is 2.41 bits per heavy atom. The summed E-state index contributed by atoms with van der Waals surface area (Å²) in [5, 5.41) is 0. The van der Waals surface area contributed by atoms with Crippen LogP contribution in [0.3, 0.4) is 0 Å². The topological polar surface area (TPSA) is 26.3 Å². The van der Waals surface area contributed by atoms with Crippen LogP contribution in [0.15, 0.2) is 30.3 Å². The van der Waals surface area contributed by atoms with Crippen LogP contribution in [0.4, 0.5) is 0 Å². The molecule has 1 aliphatic rings. The summed E-state index contributed by atoms with van der Waals surface area (Å²) in [6.45, 7) is 5.94. The van der Waals surface area contributed by atoms with Crippen LogP contribution in [0, 0.1) is 5.92 Å². The van der Waals surface area contributed by atoms with Crippen molar-refractivity contribution >= 4 is 29.5 Å². The maximum Gasteiger partial charge on any atom is 0.302 e. The van der Waals surface area contributed by atoms with Crippen LogP contribution in [0.25, 0.3) is 0 Å². The van der Waals surface area contributed by atoms with Crippen molar-refractivity contribution in [1.29, 1.82) is 0 Å². The van der Waals surface area contributed by atoms with Gasteiger partial charge in [-0.25, -0.2) is 0 Å². The molecule has 0 bridgehead atoms. The second-order valence-corrected chi connectivity index (χ2v) is 8.61. The van der Waals surface area contributed by atoms with Crippen molar-refractivity contribution in [2.45, 2.75) is 50.2 Å². The molecule has 1 aromatic carbocycles. The Morgan fingerprint density at radius 1 is 1.27 bits per heavy atom. The summed E-state index contributed by atoms with van der Waals surface area (Å²) < 4.78 is 5.62. The lowest BCUT2D eigenvalue weighted by Gasteiger charge is -2.44. The van der Waals surface area contributed by atoms with Gasteiger partial charge in [-0.2, -0.15) is 0 Å². The van der Waals surface area contributed by atoms with E-state index in [-0.39, 0.29) is 16.2 Å². The monoisotopic (exact) mass is 338 g/mol. The third kappa shape index (κ3) is 4.02. The van der Waals surface area contributed by atoms with Gasteiger partial charge in [-0.05, 0) is 29.4 Å². The van der Waals surface area contributed by atoms with E-state index in [0.29, 0.717) is 0 Å². The summed E-state index contributed by atoms with van der Waals surface area (Å²) in [7, 11) is 0. The first-order valence-electron chi connectivity index (χ1n) is 8.13. The molecule has 122 valence electrons. The van der Waals surface area contributed by atoms with Gasteiger partial charge in [0.1, 0.15) is 10.2 Å². The van der Waals surface area contributed by atoms with Crippen molar-refractivity contribution in [3.63, 3.8) is 0 Å². The van der Waals surface area contributed by atoms with Gasteiger partial charge >= 0.3 is 5.97 Å². The molecule has 1 aliphatic heterocycles. The highest BCUT2D eigenvalue weighted by Gasteiger charge is 2.46. The Balaban J connectivity index is 2.34. The van der Waals surface area contributed by atoms with E-state index < -0.39 is 0 Å². The van der Waals surface area contributed by atoms with E-state index in [4.69, 9.17) is 4.74 Å². The van der Waals surface area contributed by atoms with Gasteiger partial charge in [0, 0.05) is 6.92 Å². The van der Waals surface area contributed by atoms with Crippen LogP contribution in [-0.2, 0) is 13.6 Å². The largest absolute Gasteiger partial charge is 0.460 e. The number of rotatable bonds is 6. The summed E-state index contributed by atoms with van der Waals surface area (Å²) >= 11 is 3.94. The maximum absolute atomic E-state index is 11.6. The fourth-order valence-corrected chi connectivity index (χ4v) is 6.68. The lowest BCUT2D eigenvalue weighted by Crippen LogP contribution is -2.40. The van der Waals surface area contributed by atoms with Crippen molar-refractivity contribution in [1.82, 2.24) is 0 Å². The van der Waals surface area contributed by atoms with Gasteiger partial charge in [0.2, 0.25) is 0 Å². The first kappa shape index (κ1) is 17.7. The maximum atomic E-state index is 11.6. The lowest BCUT2D eigenvalue weighted by atomic mass is 10.0. The van der Waals surface area contributed by atoms with Gasteiger partial charge in [0.25, 0.3) is 0 Å². The van der Waals surface area contributed by atoms with Crippen molar-refractivity contribution in [2.24, 2.45) is 5.92 Å². The Bertz CT molecular complexity index is 467. The molecule has 0 saturated carbocycles. The predicted octanol–water partition coefficient (Wildman–Crippen LogP) is 5.08. The Hall–Kier alpha value is -0.610. The highest BCUT2D eigenvalue weighted by atomic mass is 32.2. The molecule has 0 spiro atoms. The number of carbonyl (C=O) groups excluding carboxylic acids is 1. The first-order valence-corrected chi connectivity index (χ1v) is 10.1. The quantitative estimate of drug-likeness (QED) is 0.676. The average molecular weight is 339 g/mol. The lowest BCUT2D eigenvalue weighted by molar-refractivity contribution is -0.147. The zero-order valence-corrected chi connectivity index (χ0v) is 15.3. The Kier molecular flexibility index (Phi) is 6.69. The molecule has 1 aromatic rings. The second-order valence-electron chi connectivity index (χ2n) is 5.82. The minimum Gasteiger partial charge on any atom is -0.460 e. The molecule has 0 radical (unpaired) electrons.